The van der Waals surface area contributed by atoms with Crippen molar-refractivity contribution in [2.75, 3.05) is 21.3 Å². The second-order valence-corrected chi connectivity index (χ2v) is 5.30. The van der Waals surface area contributed by atoms with Crippen molar-refractivity contribution in [2.24, 2.45) is 0 Å². The largest absolute Gasteiger partial charge is 0.497 e. The Bertz CT molecular complexity index is 663. The summed E-state index contributed by atoms with van der Waals surface area (Å²) in [5, 5.41) is 0. The lowest BCUT2D eigenvalue weighted by Crippen LogP contribution is -2.59. The Morgan fingerprint density at radius 1 is 1.12 bits per heavy atom. The van der Waals surface area contributed by atoms with Crippen LogP contribution < -0.4 is 4.74 Å². The molecule has 1 aliphatic heterocycles. The molecule has 0 spiro atoms. The molecule has 0 atom stereocenters. The van der Waals surface area contributed by atoms with Gasteiger partial charge >= 0.3 is 11.9 Å². The first kappa shape index (κ1) is 17.5. The second kappa shape index (κ2) is 6.74. The number of rotatable bonds is 5. The zero-order chi connectivity index (χ0) is 17.9. The molecule has 0 aliphatic carbocycles. The molecule has 7 nitrogen and oxygen atoms in total. The summed E-state index contributed by atoms with van der Waals surface area (Å²) in [6, 6.07) is 6.93. The predicted octanol–water partition coefficient (Wildman–Crippen LogP) is 1.07. The maximum Gasteiger partial charge on any atom is 0.348 e. The van der Waals surface area contributed by atoms with Gasteiger partial charge in [0.15, 0.2) is 0 Å². The average molecular weight is 333 g/mol. The van der Waals surface area contributed by atoms with Gasteiger partial charge in [0.05, 0.1) is 27.8 Å². The minimum Gasteiger partial charge on any atom is -0.497 e. The van der Waals surface area contributed by atoms with Crippen LogP contribution in [0, 0.1) is 0 Å². The highest BCUT2D eigenvalue weighted by molar-refractivity contribution is 6.14. The Hall–Kier alpha value is -2.83. The number of carbonyl (C=O) groups is 3. The Kier molecular flexibility index (Phi) is 4.92. The average Bonchev–Trinajstić information content (AvgIpc) is 2.85. The molecule has 0 N–H and O–H groups in total. The number of esters is 2. The minimum atomic E-state index is -1.96. The first-order valence-electron chi connectivity index (χ1n) is 7.20. The van der Waals surface area contributed by atoms with Crippen LogP contribution in [-0.2, 0) is 30.4 Å². The molecule has 0 saturated carbocycles. The Balaban J connectivity index is 2.46. The van der Waals surface area contributed by atoms with E-state index >= 15 is 0 Å². The first-order chi connectivity index (χ1) is 11.4. The van der Waals surface area contributed by atoms with E-state index in [0.29, 0.717) is 5.75 Å². The van der Waals surface area contributed by atoms with Crippen molar-refractivity contribution >= 4 is 17.8 Å². The van der Waals surface area contributed by atoms with Crippen LogP contribution in [0.2, 0.25) is 0 Å². The third kappa shape index (κ3) is 2.62. The minimum absolute atomic E-state index is 0.0338. The molecule has 24 heavy (non-hydrogen) atoms. The Labute approximate surface area is 139 Å². The van der Waals surface area contributed by atoms with E-state index in [-0.39, 0.29) is 18.5 Å². The van der Waals surface area contributed by atoms with Crippen LogP contribution in [0.15, 0.2) is 36.4 Å². The SMILES string of the molecule is C=C1CC(=O)N(Cc2ccc(OC)cc2)C1(C(=O)OC)C(=O)OC. The van der Waals surface area contributed by atoms with Crippen molar-refractivity contribution in [3.8, 4) is 5.75 Å². The van der Waals surface area contributed by atoms with Gasteiger partial charge in [-0.15, -0.1) is 0 Å². The number of ether oxygens (including phenoxy) is 3. The van der Waals surface area contributed by atoms with Crippen molar-refractivity contribution in [3.05, 3.63) is 42.0 Å². The highest BCUT2D eigenvalue weighted by Gasteiger charge is 2.61. The molecule has 1 saturated heterocycles. The summed E-state index contributed by atoms with van der Waals surface area (Å²) in [5.41, 5.74) is -1.10. The van der Waals surface area contributed by atoms with Crippen LogP contribution in [0.4, 0.5) is 0 Å². The van der Waals surface area contributed by atoms with Crippen molar-refractivity contribution in [1.82, 2.24) is 4.90 Å². The third-order valence-electron chi connectivity index (χ3n) is 4.04. The zero-order valence-corrected chi connectivity index (χ0v) is 13.8. The number of hydrogen-bond acceptors (Lipinski definition) is 6. The highest BCUT2D eigenvalue weighted by Crippen LogP contribution is 2.38. The molecule has 1 aliphatic rings. The van der Waals surface area contributed by atoms with E-state index < -0.39 is 23.4 Å². The van der Waals surface area contributed by atoms with E-state index in [4.69, 9.17) is 14.2 Å². The molecule has 0 bridgehead atoms. The van der Waals surface area contributed by atoms with Gasteiger partial charge in [-0.2, -0.15) is 0 Å². The molecule has 0 aromatic heterocycles. The van der Waals surface area contributed by atoms with Gasteiger partial charge in [0.25, 0.3) is 5.54 Å². The summed E-state index contributed by atoms with van der Waals surface area (Å²) >= 11 is 0. The smallest absolute Gasteiger partial charge is 0.348 e. The highest BCUT2D eigenvalue weighted by atomic mass is 16.5. The molecule has 0 unspecified atom stereocenters. The molecule has 128 valence electrons. The number of amides is 1. The molecule has 1 amide bonds. The standard InChI is InChI=1S/C17H19NO6/c1-11-9-14(19)18(10-12-5-7-13(22-2)8-6-12)17(11,15(20)23-3)16(21)24-4/h5-8H,1,9-10H2,2-4H3. The maximum atomic E-state index is 12.4. The fourth-order valence-corrected chi connectivity index (χ4v) is 2.79. The predicted molar refractivity (Wildman–Crippen MR) is 84.1 cm³/mol. The van der Waals surface area contributed by atoms with Crippen molar-refractivity contribution in [1.29, 1.82) is 0 Å². The van der Waals surface area contributed by atoms with Gasteiger partial charge in [0.1, 0.15) is 5.75 Å². The molecular formula is C17H19NO6. The van der Waals surface area contributed by atoms with Crippen molar-refractivity contribution in [2.45, 2.75) is 18.5 Å². The number of carbonyl (C=O) groups excluding carboxylic acids is 3. The molecule has 1 aromatic carbocycles. The van der Waals surface area contributed by atoms with Crippen LogP contribution in [0.1, 0.15) is 12.0 Å². The van der Waals surface area contributed by atoms with Gasteiger partial charge in [-0.25, -0.2) is 9.59 Å². The summed E-state index contributed by atoms with van der Waals surface area (Å²) in [6.07, 6.45) is -0.125. The lowest BCUT2D eigenvalue weighted by Gasteiger charge is -2.33. The van der Waals surface area contributed by atoms with E-state index in [0.717, 1.165) is 24.7 Å². The Morgan fingerprint density at radius 3 is 2.12 bits per heavy atom. The van der Waals surface area contributed by atoms with Gasteiger partial charge in [-0.1, -0.05) is 18.7 Å². The normalized spacial score (nSPS) is 16.0. The van der Waals surface area contributed by atoms with Crippen LogP contribution in [0.25, 0.3) is 0 Å². The van der Waals surface area contributed by atoms with Crippen LogP contribution in [0.3, 0.4) is 0 Å². The zero-order valence-electron chi connectivity index (χ0n) is 13.8. The molecule has 0 radical (unpaired) electrons. The molecule has 1 heterocycles. The van der Waals surface area contributed by atoms with E-state index in [1.807, 2.05) is 0 Å². The van der Waals surface area contributed by atoms with Gasteiger partial charge in [0.2, 0.25) is 5.91 Å². The van der Waals surface area contributed by atoms with E-state index in [9.17, 15) is 14.4 Å². The molecular weight excluding hydrogens is 314 g/mol. The van der Waals surface area contributed by atoms with Crippen LogP contribution in [-0.4, -0.2) is 49.6 Å². The fraction of sp³-hybridized carbons (Fsp3) is 0.353. The first-order valence-corrected chi connectivity index (χ1v) is 7.20. The molecule has 7 heteroatoms. The quantitative estimate of drug-likeness (QED) is 0.455. The van der Waals surface area contributed by atoms with E-state index in [2.05, 4.69) is 6.58 Å². The van der Waals surface area contributed by atoms with Crippen molar-refractivity contribution < 1.29 is 28.6 Å². The number of nitrogens with zero attached hydrogens (tertiary/aromatic N) is 1. The number of hydrogen-bond donors (Lipinski definition) is 0. The summed E-state index contributed by atoms with van der Waals surface area (Å²) in [7, 11) is 3.84. The summed E-state index contributed by atoms with van der Waals surface area (Å²) < 4.78 is 14.6. The lowest BCUT2D eigenvalue weighted by molar-refractivity contribution is -0.170. The number of methoxy groups -OCH3 is 3. The monoisotopic (exact) mass is 333 g/mol. The van der Waals surface area contributed by atoms with Gasteiger partial charge < -0.3 is 19.1 Å². The van der Waals surface area contributed by atoms with E-state index in [1.54, 1.807) is 31.4 Å². The summed E-state index contributed by atoms with van der Waals surface area (Å²) in [5.74, 6) is -1.52. The molecule has 2 rings (SSSR count). The van der Waals surface area contributed by atoms with Crippen LogP contribution >= 0.6 is 0 Å². The lowest BCUT2D eigenvalue weighted by atomic mass is 9.91. The van der Waals surface area contributed by atoms with Crippen molar-refractivity contribution in [3.63, 3.8) is 0 Å². The van der Waals surface area contributed by atoms with Gasteiger partial charge in [-0.3, -0.25) is 4.79 Å². The number of likely N-dealkylation sites (tertiary alicyclic amines) is 1. The maximum absolute atomic E-state index is 12.4. The van der Waals surface area contributed by atoms with Gasteiger partial charge in [0, 0.05) is 6.54 Å². The topological polar surface area (TPSA) is 82.1 Å². The van der Waals surface area contributed by atoms with Crippen LogP contribution in [0.5, 0.6) is 5.75 Å². The summed E-state index contributed by atoms with van der Waals surface area (Å²) in [4.78, 5) is 38.3. The third-order valence-corrected chi connectivity index (χ3v) is 4.04. The molecule has 1 aromatic rings. The number of benzene rings is 1. The van der Waals surface area contributed by atoms with E-state index in [1.165, 1.54) is 0 Å². The summed E-state index contributed by atoms with van der Waals surface area (Å²) in [6.45, 7) is 3.77. The van der Waals surface area contributed by atoms with Gasteiger partial charge in [-0.05, 0) is 23.3 Å². The Morgan fingerprint density at radius 2 is 1.67 bits per heavy atom. The fourth-order valence-electron chi connectivity index (χ4n) is 2.79. The molecule has 1 fully saturated rings. The second-order valence-electron chi connectivity index (χ2n) is 5.30.